The monoisotopic (exact) mass is 287 g/mol. The van der Waals surface area contributed by atoms with Gasteiger partial charge in [0.25, 0.3) is 0 Å². The number of nitriles is 1. The molecule has 1 fully saturated rings. The highest BCUT2D eigenvalue weighted by Gasteiger charge is 2.34. The predicted octanol–water partition coefficient (Wildman–Crippen LogP) is 2.89. The number of ether oxygens (including phenoxy) is 1. The number of urea groups is 1. The van der Waals surface area contributed by atoms with E-state index in [4.69, 9.17) is 10.00 Å². The number of hydrogen-bond donors (Lipinski definition) is 2. The van der Waals surface area contributed by atoms with E-state index in [9.17, 15) is 4.79 Å². The lowest BCUT2D eigenvalue weighted by atomic mass is 9.87. The van der Waals surface area contributed by atoms with Gasteiger partial charge in [-0.1, -0.05) is 18.9 Å². The van der Waals surface area contributed by atoms with Gasteiger partial charge >= 0.3 is 6.03 Å². The Hall–Kier alpha value is -2.06. The summed E-state index contributed by atoms with van der Waals surface area (Å²) in [6, 6.07) is 8.68. The minimum absolute atomic E-state index is 0.0700. The summed E-state index contributed by atoms with van der Waals surface area (Å²) >= 11 is 0. The van der Waals surface area contributed by atoms with E-state index in [-0.39, 0.29) is 11.4 Å². The number of rotatable bonds is 5. The highest BCUT2D eigenvalue weighted by molar-refractivity contribution is 5.89. The number of nitrogens with one attached hydrogen (secondary N) is 2. The molecule has 5 nitrogen and oxygen atoms in total. The maximum atomic E-state index is 12.0. The van der Waals surface area contributed by atoms with Crippen LogP contribution in [-0.2, 0) is 4.74 Å². The van der Waals surface area contributed by atoms with E-state index in [1.807, 2.05) is 0 Å². The second-order valence-corrected chi connectivity index (χ2v) is 5.64. The Kier molecular flexibility index (Phi) is 5.18. The quantitative estimate of drug-likeness (QED) is 0.874. The third kappa shape index (κ3) is 4.20. The van der Waals surface area contributed by atoms with Crippen molar-refractivity contribution in [2.24, 2.45) is 5.41 Å². The maximum Gasteiger partial charge on any atom is 0.319 e. The average Bonchev–Trinajstić information content (AvgIpc) is 2.95. The summed E-state index contributed by atoms with van der Waals surface area (Å²) < 4.78 is 5.30. The number of benzene rings is 1. The van der Waals surface area contributed by atoms with Crippen LogP contribution in [0.1, 0.15) is 31.2 Å². The number of carbonyl (C=O) groups excluding carboxylic acids is 1. The largest absolute Gasteiger partial charge is 0.384 e. The molecule has 1 saturated carbocycles. The molecule has 112 valence electrons. The van der Waals surface area contributed by atoms with Crippen LogP contribution in [0.2, 0.25) is 0 Å². The van der Waals surface area contributed by atoms with Crippen molar-refractivity contribution in [2.45, 2.75) is 25.7 Å². The molecule has 0 atom stereocenters. The number of hydrogen-bond acceptors (Lipinski definition) is 3. The molecule has 2 rings (SSSR count). The molecule has 1 aliphatic rings. The molecule has 2 N–H and O–H groups in total. The zero-order valence-electron chi connectivity index (χ0n) is 12.3. The van der Waals surface area contributed by atoms with Crippen molar-refractivity contribution in [3.63, 3.8) is 0 Å². The molecule has 0 aliphatic heterocycles. The first-order valence-corrected chi connectivity index (χ1v) is 7.21. The maximum absolute atomic E-state index is 12.0. The van der Waals surface area contributed by atoms with Crippen molar-refractivity contribution in [1.29, 1.82) is 5.26 Å². The Morgan fingerprint density at radius 1 is 1.43 bits per heavy atom. The molecule has 0 bridgehead atoms. The second kappa shape index (κ2) is 7.09. The summed E-state index contributed by atoms with van der Waals surface area (Å²) in [7, 11) is 1.70. The molecule has 2 amide bonds. The van der Waals surface area contributed by atoms with Crippen molar-refractivity contribution >= 4 is 11.7 Å². The first-order chi connectivity index (χ1) is 10.2. The van der Waals surface area contributed by atoms with Crippen molar-refractivity contribution in [3.8, 4) is 6.07 Å². The lowest BCUT2D eigenvalue weighted by Gasteiger charge is -2.28. The molecule has 1 aromatic rings. The number of methoxy groups -OCH3 is 1. The van der Waals surface area contributed by atoms with Crippen molar-refractivity contribution in [1.82, 2.24) is 5.32 Å². The Labute approximate surface area is 125 Å². The molecule has 0 saturated heterocycles. The fraction of sp³-hybridized carbons (Fsp3) is 0.500. The fourth-order valence-corrected chi connectivity index (χ4v) is 2.91. The number of anilines is 1. The standard InChI is InChI=1S/C16H21N3O2/c1-21-12-16(7-2-3-8-16)11-18-15(20)19-14-6-4-5-13(9-14)10-17/h4-6,9H,2-3,7-8,11-12H2,1H3,(H2,18,19,20). The average molecular weight is 287 g/mol. The minimum atomic E-state index is -0.243. The van der Waals surface area contributed by atoms with Gasteiger partial charge in [-0.2, -0.15) is 5.26 Å². The highest BCUT2D eigenvalue weighted by Crippen LogP contribution is 2.37. The smallest absolute Gasteiger partial charge is 0.319 e. The summed E-state index contributed by atoms with van der Waals surface area (Å²) in [6.45, 7) is 1.29. The lowest BCUT2D eigenvalue weighted by Crippen LogP contribution is -2.40. The first-order valence-electron chi connectivity index (χ1n) is 7.21. The fourth-order valence-electron chi connectivity index (χ4n) is 2.91. The molecule has 0 aromatic heterocycles. The Morgan fingerprint density at radius 3 is 2.86 bits per heavy atom. The molecule has 0 unspecified atom stereocenters. The van der Waals surface area contributed by atoms with Crippen LogP contribution in [0.3, 0.4) is 0 Å². The van der Waals surface area contributed by atoms with Gasteiger partial charge in [0.1, 0.15) is 0 Å². The Bertz CT molecular complexity index is 531. The van der Waals surface area contributed by atoms with Gasteiger partial charge in [0, 0.05) is 24.8 Å². The first kappa shape index (κ1) is 15.3. The van der Waals surface area contributed by atoms with Crippen LogP contribution in [0.5, 0.6) is 0 Å². The van der Waals surface area contributed by atoms with Crippen LogP contribution in [0.25, 0.3) is 0 Å². The molecule has 1 aromatic carbocycles. The van der Waals surface area contributed by atoms with Crippen LogP contribution < -0.4 is 10.6 Å². The minimum Gasteiger partial charge on any atom is -0.384 e. The van der Waals surface area contributed by atoms with E-state index in [0.29, 0.717) is 24.4 Å². The van der Waals surface area contributed by atoms with Gasteiger partial charge < -0.3 is 15.4 Å². The second-order valence-electron chi connectivity index (χ2n) is 5.64. The molecule has 0 spiro atoms. The van der Waals surface area contributed by atoms with Gasteiger partial charge in [0.05, 0.1) is 18.2 Å². The molecular weight excluding hydrogens is 266 g/mol. The summed E-state index contributed by atoms with van der Waals surface area (Å²) in [5, 5.41) is 14.5. The predicted molar refractivity (Wildman–Crippen MR) is 81.0 cm³/mol. The zero-order valence-corrected chi connectivity index (χ0v) is 12.3. The van der Waals surface area contributed by atoms with Crippen molar-refractivity contribution in [3.05, 3.63) is 29.8 Å². The number of nitrogens with zero attached hydrogens (tertiary/aromatic N) is 1. The Balaban J connectivity index is 1.88. The highest BCUT2D eigenvalue weighted by atomic mass is 16.5. The zero-order chi connectivity index (χ0) is 15.1. The van der Waals surface area contributed by atoms with Gasteiger partial charge in [-0.3, -0.25) is 0 Å². The van der Waals surface area contributed by atoms with Crippen molar-refractivity contribution in [2.75, 3.05) is 25.6 Å². The lowest BCUT2D eigenvalue weighted by molar-refractivity contribution is 0.0847. The van der Waals surface area contributed by atoms with E-state index in [2.05, 4.69) is 16.7 Å². The molecule has 0 heterocycles. The third-order valence-corrected chi connectivity index (χ3v) is 3.99. The summed E-state index contributed by atoms with van der Waals surface area (Å²) in [6.07, 6.45) is 4.56. The van der Waals surface area contributed by atoms with Gasteiger partial charge in [-0.25, -0.2) is 4.79 Å². The summed E-state index contributed by atoms with van der Waals surface area (Å²) in [5.41, 5.74) is 1.22. The van der Waals surface area contributed by atoms with E-state index in [1.165, 1.54) is 12.8 Å². The number of carbonyl (C=O) groups is 1. The normalized spacial score (nSPS) is 16.2. The molecule has 5 heteroatoms. The molecule has 0 radical (unpaired) electrons. The summed E-state index contributed by atoms with van der Waals surface area (Å²) in [4.78, 5) is 12.0. The Morgan fingerprint density at radius 2 is 2.19 bits per heavy atom. The third-order valence-electron chi connectivity index (χ3n) is 3.99. The van der Waals surface area contributed by atoms with E-state index < -0.39 is 0 Å². The van der Waals surface area contributed by atoms with Gasteiger partial charge in [-0.15, -0.1) is 0 Å². The van der Waals surface area contributed by atoms with Gasteiger partial charge in [0.2, 0.25) is 0 Å². The van der Waals surface area contributed by atoms with Crippen LogP contribution in [0.4, 0.5) is 10.5 Å². The van der Waals surface area contributed by atoms with Crippen molar-refractivity contribution < 1.29 is 9.53 Å². The van der Waals surface area contributed by atoms with Gasteiger partial charge in [-0.05, 0) is 31.0 Å². The van der Waals surface area contributed by atoms with Crippen LogP contribution in [0.15, 0.2) is 24.3 Å². The van der Waals surface area contributed by atoms with Crippen LogP contribution in [-0.4, -0.2) is 26.3 Å². The van der Waals surface area contributed by atoms with Gasteiger partial charge in [0.15, 0.2) is 0 Å². The van der Waals surface area contributed by atoms with Crippen LogP contribution >= 0.6 is 0 Å². The summed E-state index contributed by atoms with van der Waals surface area (Å²) in [5.74, 6) is 0. The molecule has 1 aliphatic carbocycles. The topological polar surface area (TPSA) is 74.2 Å². The number of amides is 2. The SMILES string of the molecule is COCC1(CNC(=O)Nc2cccc(C#N)c2)CCCC1. The van der Waals surface area contributed by atoms with E-state index in [1.54, 1.807) is 31.4 Å². The van der Waals surface area contributed by atoms with Crippen LogP contribution in [0, 0.1) is 16.7 Å². The molecule has 21 heavy (non-hydrogen) atoms. The van der Waals surface area contributed by atoms with E-state index in [0.717, 1.165) is 12.8 Å². The van der Waals surface area contributed by atoms with E-state index >= 15 is 0 Å². The molecular formula is C16H21N3O2.